The minimum atomic E-state index is 0.0600. The van der Waals surface area contributed by atoms with Gasteiger partial charge in [-0.05, 0) is 25.3 Å². The Morgan fingerprint density at radius 2 is 2.22 bits per heavy atom. The fourth-order valence-corrected chi connectivity index (χ4v) is 3.10. The van der Waals surface area contributed by atoms with E-state index in [0.29, 0.717) is 6.61 Å². The van der Waals surface area contributed by atoms with E-state index in [9.17, 15) is 0 Å². The molecule has 2 nitrogen and oxygen atoms in total. The van der Waals surface area contributed by atoms with Crippen LogP contribution in [-0.2, 0) is 9.47 Å². The van der Waals surface area contributed by atoms with Gasteiger partial charge in [-0.3, -0.25) is 0 Å². The van der Waals surface area contributed by atoms with Crippen LogP contribution in [0.25, 0.3) is 0 Å². The second-order valence-corrected chi connectivity index (χ2v) is 5.77. The van der Waals surface area contributed by atoms with Gasteiger partial charge in [0.05, 0.1) is 18.8 Å². The maximum absolute atomic E-state index is 6.20. The van der Waals surface area contributed by atoms with Gasteiger partial charge in [-0.2, -0.15) is 0 Å². The molecule has 1 aromatic carbocycles. The predicted octanol–water partition coefficient (Wildman–Crippen LogP) is 4.40. The van der Waals surface area contributed by atoms with Crippen molar-refractivity contribution in [2.24, 2.45) is 0 Å². The molecule has 1 aliphatic rings. The molecule has 1 aliphatic heterocycles. The van der Waals surface area contributed by atoms with Crippen LogP contribution in [-0.4, -0.2) is 23.7 Å². The molecule has 4 heteroatoms. The molecule has 18 heavy (non-hydrogen) atoms. The Labute approximate surface area is 127 Å². The van der Waals surface area contributed by atoms with Crippen LogP contribution in [0.15, 0.2) is 24.3 Å². The topological polar surface area (TPSA) is 18.5 Å². The SMILES string of the molecule is Clc1ccccc1C(CI)OCC1CCCCO1. The van der Waals surface area contributed by atoms with E-state index < -0.39 is 0 Å². The number of hydrogen-bond acceptors (Lipinski definition) is 2. The molecule has 0 aromatic heterocycles. The third-order valence-electron chi connectivity index (χ3n) is 3.15. The zero-order valence-electron chi connectivity index (χ0n) is 10.3. The van der Waals surface area contributed by atoms with Gasteiger partial charge < -0.3 is 9.47 Å². The molecule has 2 atom stereocenters. The van der Waals surface area contributed by atoms with Gasteiger partial charge in [0.2, 0.25) is 0 Å². The molecule has 2 unspecified atom stereocenters. The zero-order valence-corrected chi connectivity index (χ0v) is 13.2. The van der Waals surface area contributed by atoms with Crippen molar-refractivity contribution in [3.8, 4) is 0 Å². The molecule has 0 bridgehead atoms. The maximum Gasteiger partial charge on any atom is 0.0929 e. The number of benzene rings is 1. The van der Waals surface area contributed by atoms with E-state index in [1.54, 1.807) is 0 Å². The van der Waals surface area contributed by atoms with Gasteiger partial charge in [-0.25, -0.2) is 0 Å². The second-order valence-electron chi connectivity index (χ2n) is 4.49. The van der Waals surface area contributed by atoms with Crippen LogP contribution in [0.4, 0.5) is 0 Å². The summed E-state index contributed by atoms with van der Waals surface area (Å²) < 4.78 is 12.6. The highest BCUT2D eigenvalue weighted by atomic mass is 127. The first-order valence-corrected chi connectivity index (χ1v) is 8.25. The molecule has 0 N–H and O–H groups in total. The molecule has 0 spiro atoms. The van der Waals surface area contributed by atoms with E-state index in [1.165, 1.54) is 12.8 Å². The Morgan fingerprint density at radius 1 is 1.39 bits per heavy atom. The lowest BCUT2D eigenvalue weighted by Gasteiger charge is -2.25. The fraction of sp³-hybridized carbons (Fsp3) is 0.571. The summed E-state index contributed by atoms with van der Waals surface area (Å²) in [6.45, 7) is 1.54. The number of hydrogen-bond donors (Lipinski definition) is 0. The van der Waals surface area contributed by atoms with Crippen molar-refractivity contribution < 1.29 is 9.47 Å². The van der Waals surface area contributed by atoms with Crippen molar-refractivity contribution in [2.45, 2.75) is 31.5 Å². The van der Waals surface area contributed by atoms with Gasteiger partial charge in [0.1, 0.15) is 0 Å². The number of ether oxygens (including phenoxy) is 2. The molecule has 1 aromatic rings. The van der Waals surface area contributed by atoms with Crippen molar-refractivity contribution in [3.63, 3.8) is 0 Å². The highest BCUT2D eigenvalue weighted by Gasteiger charge is 2.18. The molecule has 2 rings (SSSR count). The van der Waals surface area contributed by atoms with Gasteiger partial charge in [0.15, 0.2) is 0 Å². The summed E-state index contributed by atoms with van der Waals surface area (Å²) in [5.74, 6) is 0. The quantitative estimate of drug-likeness (QED) is 0.557. The third-order valence-corrected chi connectivity index (χ3v) is 4.29. The van der Waals surface area contributed by atoms with Crippen molar-refractivity contribution in [1.29, 1.82) is 0 Å². The normalized spacial score (nSPS) is 21.8. The largest absolute Gasteiger partial charge is 0.376 e. The molecule has 0 aliphatic carbocycles. The zero-order chi connectivity index (χ0) is 12.8. The Morgan fingerprint density at radius 3 is 2.89 bits per heavy atom. The van der Waals surface area contributed by atoms with E-state index in [2.05, 4.69) is 22.6 Å². The van der Waals surface area contributed by atoms with Crippen LogP contribution in [0.1, 0.15) is 30.9 Å². The van der Waals surface area contributed by atoms with Gasteiger partial charge in [-0.15, -0.1) is 0 Å². The van der Waals surface area contributed by atoms with Gasteiger partial charge >= 0.3 is 0 Å². The lowest BCUT2D eigenvalue weighted by Crippen LogP contribution is -2.25. The van der Waals surface area contributed by atoms with Crippen LogP contribution in [0.2, 0.25) is 5.02 Å². The Hall–Kier alpha value is 0.160. The van der Waals surface area contributed by atoms with Crippen molar-refractivity contribution in [2.75, 3.05) is 17.6 Å². The molecule has 1 saturated heterocycles. The first kappa shape index (κ1) is 14.6. The van der Waals surface area contributed by atoms with E-state index in [4.69, 9.17) is 21.1 Å². The second kappa shape index (κ2) is 7.68. The van der Waals surface area contributed by atoms with E-state index in [0.717, 1.165) is 28.0 Å². The summed E-state index contributed by atoms with van der Waals surface area (Å²) in [4.78, 5) is 0. The number of halogens is 2. The molecule has 0 radical (unpaired) electrons. The highest BCUT2D eigenvalue weighted by Crippen LogP contribution is 2.28. The lowest BCUT2D eigenvalue weighted by atomic mass is 10.1. The van der Waals surface area contributed by atoms with Gasteiger partial charge in [0.25, 0.3) is 0 Å². The molecule has 1 heterocycles. The standard InChI is InChI=1S/C14H18ClIO2/c15-13-7-2-1-6-12(13)14(9-16)18-10-11-5-3-4-8-17-11/h1-2,6-7,11,14H,3-5,8-10H2. The number of alkyl halides is 1. The summed E-state index contributed by atoms with van der Waals surface area (Å²) in [5.41, 5.74) is 1.07. The minimum Gasteiger partial charge on any atom is -0.376 e. The summed E-state index contributed by atoms with van der Waals surface area (Å²) in [6, 6.07) is 7.89. The Kier molecular flexibility index (Phi) is 6.21. The van der Waals surface area contributed by atoms with Crippen molar-refractivity contribution >= 4 is 34.2 Å². The molecule has 0 saturated carbocycles. The van der Waals surface area contributed by atoms with Crippen molar-refractivity contribution in [3.05, 3.63) is 34.9 Å². The van der Waals surface area contributed by atoms with Gasteiger partial charge in [-0.1, -0.05) is 52.4 Å². The van der Waals surface area contributed by atoms with Gasteiger partial charge in [0, 0.05) is 21.6 Å². The third kappa shape index (κ3) is 4.08. The summed E-state index contributed by atoms with van der Waals surface area (Å²) in [5, 5.41) is 0.781. The number of rotatable bonds is 5. The van der Waals surface area contributed by atoms with E-state index >= 15 is 0 Å². The average Bonchev–Trinajstić information content (AvgIpc) is 2.42. The lowest BCUT2D eigenvalue weighted by molar-refractivity contribution is -0.0582. The van der Waals surface area contributed by atoms with Crippen LogP contribution in [0.5, 0.6) is 0 Å². The molecule has 1 fully saturated rings. The van der Waals surface area contributed by atoms with Crippen molar-refractivity contribution in [1.82, 2.24) is 0 Å². The molecule has 0 amide bonds. The Balaban J connectivity index is 1.91. The minimum absolute atomic E-state index is 0.0600. The van der Waals surface area contributed by atoms with E-state index in [-0.39, 0.29) is 12.2 Å². The summed E-state index contributed by atoms with van der Waals surface area (Å²) >= 11 is 8.54. The first-order chi connectivity index (χ1) is 8.81. The van der Waals surface area contributed by atoms with Crippen LogP contribution < -0.4 is 0 Å². The van der Waals surface area contributed by atoms with Crippen LogP contribution in [0, 0.1) is 0 Å². The highest BCUT2D eigenvalue weighted by molar-refractivity contribution is 14.1. The van der Waals surface area contributed by atoms with E-state index in [1.807, 2.05) is 24.3 Å². The maximum atomic E-state index is 6.20. The van der Waals surface area contributed by atoms with Crippen LogP contribution >= 0.6 is 34.2 Å². The molecular weight excluding hydrogens is 363 g/mol. The summed E-state index contributed by atoms with van der Waals surface area (Å²) in [7, 11) is 0. The first-order valence-electron chi connectivity index (χ1n) is 6.35. The monoisotopic (exact) mass is 380 g/mol. The predicted molar refractivity (Wildman–Crippen MR) is 82.6 cm³/mol. The fourth-order valence-electron chi connectivity index (χ4n) is 2.12. The van der Waals surface area contributed by atoms with Crippen LogP contribution in [0.3, 0.4) is 0 Å². The smallest absolute Gasteiger partial charge is 0.0929 e. The molecule has 100 valence electrons. The average molecular weight is 381 g/mol. The Bertz CT molecular complexity index is 367. The molecular formula is C14H18ClIO2. The summed E-state index contributed by atoms with van der Waals surface area (Å²) in [6.07, 6.45) is 3.85.